The van der Waals surface area contributed by atoms with Gasteiger partial charge in [-0.25, -0.2) is 0 Å². The van der Waals surface area contributed by atoms with Crippen LogP contribution in [0.15, 0.2) is 12.1 Å². The molecule has 0 fully saturated rings. The Bertz CT molecular complexity index is 136. The van der Waals surface area contributed by atoms with E-state index in [2.05, 4.69) is 41.6 Å². The Balaban J connectivity index is 3.27. The highest BCUT2D eigenvalue weighted by Crippen LogP contribution is 2.11. The lowest BCUT2D eigenvalue weighted by molar-refractivity contribution is 0.575. The molecule has 75 valence electrons. The second-order valence-electron chi connectivity index (χ2n) is 4.79. The van der Waals surface area contributed by atoms with Crippen molar-refractivity contribution in [2.75, 3.05) is 0 Å². The van der Waals surface area contributed by atoms with Crippen LogP contribution in [0.5, 0.6) is 0 Å². The van der Waals surface area contributed by atoms with Crippen LogP contribution in [0.1, 0.15) is 47.0 Å². The molecule has 0 aromatic rings. The number of hydrogen-bond donors (Lipinski definition) is 0. The van der Waals surface area contributed by atoms with Gasteiger partial charge in [-0.15, -0.1) is 12.1 Å². The van der Waals surface area contributed by atoms with E-state index in [0.717, 1.165) is 18.3 Å². The fraction of sp³-hybridized carbons (Fsp3) is 0.833. The van der Waals surface area contributed by atoms with Gasteiger partial charge in [0.15, 0.2) is 0 Å². The van der Waals surface area contributed by atoms with Crippen LogP contribution in [0.4, 0.5) is 0 Å². The molecule has 0 aromatic heterocycles. The van der Waals surface area contributed by atoms with Crippen molar-refractivity contribution in [2.24, 2.45) is 11.8 Å². The van der Waals surface area contributed by atoms with Crippen molar-refractivity contribution in [2.45, 2.75) is 53.3 Å². The SMILES string of the molecule is C=C([B]CCCC(C)C)CC(C)C. The monoisotopic (exact) mass is 179 g/mol. The van der Waals surface area contributed by atoms with Crippen molar-refractivity contribution >= 4 is 7.28 Å². The van der Waals surface area contributed by atoms with Gasteiger partial charge in [0.2, 0.25) is 0 Å². The molecule has 1 radical (unpaired) electrons. The Kier molecular flexibility index (Phi) is 7.12. The Morgan fingerprint density at radius 1 is 1.15 bits per heavy atom. The quantitative estimate of drug-likeness (QED) is 0.407. The van der Waals surface area contributed by atoms with Crippen LogP contribution in [0.25, 0.3) is 0 Å². The van der Waals surface area contributed by atoms with E-state index in [4.69, 9.17) is 0 Å². The zero-order chi connectivity index (χ0) is 10.3. The highest BCUT2D eigenvalue weighted by molar-refractivity contribution is 6.44. The molecule has 0 aliphatic heterocycles. The molecule has 0 amide bonds. The van der Waals surface area contributed by atoms with Crippen molar-refractivity contribution in [1.29, 1.82) is 0 Å². The maximum atomic E-state index is 4.06. The van der Waals surface area contributed by atoms with E-state index in [1.807, 2.05) is 0 Å². The lowest BCUT2D eigenvalue weighted by atomic mass is 9.63. The summed E-state index contributed by atoms with van der Waals surface area (Å²) < 4.78 is 0. The third kappa shape index (κ3) is 9.72. The minimum atomic E-state index is 0.744. The van der Waals surface area contributed by atoms with Gasteiger partial charge in [-0.3, -0.25) is 0 Å². The van der Waals surface area contributed by atoms with Crippen molar-refractivity contribution in [3.8, 4) is 0 Å². The third-order valence-corrected chi connectivity index (χ3v) is 2.09. The summed E-state index contributed by atoms with van der Waals surface area (Å²) in [6, 6.07) is 0. The zero-order valence-electron chi connectivity index (χ0n) is 9.77. The van der Waals surface area contributed by atoms with Gasteiger partial charge < -0.3 is 0 Å². The molecule has 0 saturated carbocycles. The molecule has 1 heteroatoms. The molecule has 13 heavy (non-hydrogen) atoms. The van der Waals surface area contributed by atoms with Crippen molar-refractivity contribution in [3.63, 3.8) is 0 Å². The van der Waals surface area contributed by atoms with Gasteiger partial charge in [-0.05, 0) is 18.3 Å². The first kappa shape index (κ1) is 12.8. The highest BCUT2D eigenvalue weighted by atomic mass is 14.0. The Hall–Kier alpha value is -0.195. The van der Waals surface area contributed by atoms with E-state index in [-0.39, 0.29) is 0 Å². The lowest BCUT2D eigenvalue weighted by Crippen LogP contribution is -1.99. The average molecular weight is 179 g/mol. The molecule has 0 atom stereocenters. The summed E-state index contributed by atoms with van der Waals surface area (Å²) in [4.78, 5) is 0. The molecule has 0 rings (SSSR count). The summed E-state index contributed by atoms with van der Waals surface area (Å²) in [5.41, 5.74) is 1.32. The Morgan fingerprint density at radius 3 is 2.23 bits per heavy atom. The molecule has 0 aliphatic rings. The number of allylic oxidation sites excluding steroid dienone is 1. The minimum absolute atomic E-state index is 0.744. The van der Waals surface area contributed by atoms with Crippen LogP contribution < -0.4 is 0 Å². The molecule has 0 nitrogen and oxygen atoms in total. The van der Waals surface area contributed by atoms with Gasteiger partial charge in [0.1, 0.15) is 7.28 Å². The van der Waals surface area contributed by atoms with Crippen LogP contribution in [-0.2, 0) is 0 Å². The summed E-state index contributed by atoms with van der Waals surface area (Å²) in [6.45, 7) is 13.1. The molecule has 0 spiro atoms. The van der Waals surface area contributed by atoms with E-state index < -0.39 is 0 Å². The van der Waals surface area contributed by atoms with Gasteiger partial charge >= 0.3 is 0 Å². The topological polar surface area (TPSA) is 0 Å². The van der Waals surface area contributed by atoms with Gasteiger partial charge in [-0.1, -0.05) is 46.9 Å². The highest BCUT2D eigenvalue weighted by Gasteiger charge is 2.01. The summed E-state index contributed by atoms with van der Waals surface area (Å²) in [7, 11) is 2.31. The van der Waals surface area contributed by atoms with Crippen molar-refractivity contribution in [1.82, 2.24) is 0 Å². The second-order valence-corrected chi connectivity index (χ2v) is 4.79. The summed E-state index contributed by atoms with van der Waals surface area (Å²) in [5.74, 6) is 1.58. The molecule has 0 N–H and O–H groups in total. The first-order chi connectivity index (χ1) is 6.02. The molecule has 0 bridgehead atoms. The van der Waals surface area contributed by atoms with E-state index >= 15 is 0 Å². The second kappa shape index (κ2) is 7.23. The predicted molar refractivity (Wildman–Crippen MR) is 63.2 cm³/mol. The number of hydrogen-bond acceptors (Lipinski definition) is 0. The maximum Gasteiger partial charge on any atom is 0.145 e. The third-order valence-electron chi connectivity index (χ3n) is 2.09. The first-order valence-corrected chi connectivity index (χ1v) is 5.53. The average Bonchev–Trinajstić information content (AvgIpc) is 1.96. The summed E-state index contributed by atoms with van der Waals surface area (Å²) in [5, 5.41) is 0. The van der Waals surface area contributed by atoms with Gasteiger partial charge in [0.05, 0.1) is 0 Å². The summed E-state index contributed by atoms with van der Waals surface area (Å²) in [6.07, 6.45) is 5.02. The fourth-order valence-corrected chi connectivity index (χ4v) is 1.44. The van der Waals surface area contributed by atoms with Crippen LogP contribution in [0.3, 0.4) is 0 Å². The van der Waals surface area contributed by atoms with Crippen molar-refractivity contribution < 1.29 is 0 Å². The van der Waals surface area contributed by atoms with Gasteiger partial charge in [0.25, 0.3) is 0 Å². The first-order valence-electron chi connectivity index (χ1n) is 5.53. The normalized spacial score (nSPS) is 10.9. The van der Waals surface area contributed by atoms with E-state index in [9.17, 15) is 0 Å². The molecule has 0 heterocycles. The lowest BCUT2D eigenvalue weighted by Gasteiger charge is -2.08. The zero-order valence-corrected chi connectivity index (χ0v) is 9.77. The largest absolute Gasteiger partial charge is 0.145 e. The minimum Gasteiger partial charge on any atom is -0.116 e. The van der Waals surface area contributed by atoms with Crippen LogP contribution >= 0.6 is 0 Å². The van der Waals surface area contributed by atoms with Crippen LogP contribution in [0, 0.1) is 11.8 Å². The summed E-state index contributed by atoms with van der Waals surface area (Å²) >= 11 is 0. The van der Waals surface area contributed by atoms with Crippen LogP contribution in [0.2, 0.25) is 6.32 Å². The Morgan fingerprint density at radius 2 is 1.77 bits per heavy atom. The van der Waals surface area contributed by atoms with Crippen molar-refractivity contribution in [3.05, 3.63) is 12.1 Å². The predicted octanol–water partition coefficient (Wildman–Crippen LogP) is 4.10. The molecular weight excluding hydrogens is 155 g/mol. The molecule has 0 aromatic carbocycles. The molecule has 0 aliphatic carbocycles. The van der Waals surface area contributed by atoms with E-state index in [1.165, 1.54) is 24.6 Å². The molecule has 0 unspecified atom stereocenters. The van der Waals surface area contributed by atoms with Gasteiger partial charge in [0, 0.05) is 0 Å². The van der Waals surface area contributed by atoms with Crippen LogP contribution in [-0.4, -0.2) is 7.28 Å². The standard InChI is InChI=1S/C12H24B/c1-10(2)7-6-8-13-12(5)9-11(3)4/h10-11H,5-9H2,1-4H3. The fourth-order valence-electron chi connectivity index (χ4n) is 1.44. The number of rotatable bonds is 7. The van der Waals surface area contributed by atoms with Gasteiger partial charge in [-0.2, -0.15) is 0 Å². The van der Waals surface area contributed by atoms with E-state index in [0.29, 0.717) is 0 Å². The van der Waals surface area contributed by atoms with E-state index in [1.54, 1.807) is 0 Å². The Labute approximate surface area is 85.1 Å². The molecular formula is C12H24B. The molecule has 0 saturated heterocycles. The maximum absolute atomic E-state index is 4.06. The smallest absolute Gasteiger partial charge is 0.116 e.